The van der Waals surface area contributed by atoms with Gasteiger partial charge >= 0.3 is 0 Å². The van der Waals surface area contributed by atoms with Gasteiger partial charge in [0, 0.05) is 0 Å². The first kappa shape index (κ1) is 6.94. The highest BCUT2D eigenvalue weighted by atomic mass is 32.1. The van der Waals surface area contributed by atoms with E-state index in [0.29, 0.717) is 21.4 Å². The lowest BCUT2D eigenvalue weighted by Crippen LogP contribution is -1.81. The van der Waals surface area contributed by atoms with Crippen LogP contribution >= 0.6 is 12.2 Å². The van der Waals surface area contributed by atoms with Crippen molar-refractivity contribution in [2.75, 3.05) is 0 Å². The molecule has 12 heavy (non-hydrogen) atoms. The second kappa shape index (κ2) is 2.39. The number of nitriles is 1. The normalized spacial score (nSPS) is 9.92. The Morgan fingerprint density at radius 1 is 1.58 bits per heavy atom. The number of aromatic nitrogens is 4. The summed E-state index contributed by atoms with van der Waals surface area (Å²) in [5.74, 6) is 0. The van der Waals surface area contributed by atoms with E-state index in [1.54, 1.807) is 0 Å². The molecule has 2 aromatic heterocycles. The van der Waals surface area contributed by atoms with E-state index in [-0.39, 0.29) is 0 Å². The number of H-pyrrole nitrogens is 2. The number of hydrogen-bond donors (Lipinski definition) is 2. The van der Waals surface area contributed by atoms with Gasteiger partial charge in [0.25, 0.3) is 0 Å². The molecule has 58 valence electrons. The van der Waals surface area contributed by atoms with Gasteiger partial charge in [-0.2, -0.15) is 10.4 Å². The van der Waals surface area contributed by atoms with Crippen LogP contribution in [-0.4, -0.2) is 20.2 Å². The lowest BCUT2D eigenvalue weighted by molar-refractivity contribution is 1.07. The summed E-state index contributed by atoms with van der Waals surface area (Å²) >= 11 is 4.92. The van der Waals surface area contributed by atoms with Crippen LogP contribution < -0.4 is 0 Å². The third-order valence-electron chi connectivity index (χ3n) is 1.48. The van der Waals surface area contributed by atoms with Crippen molar-refractivity contribution in [3.8, 4) is 6.07 Å². The SMILES string of the molecule is N#Cc1[nH]nc2[nH]cnc(=S)c12. The highest BCUT2D eigenvalue weighted by Gasteiger charge is 2.05. The number of nitrogens with one attached hydrogen (secondary N) is 2. The van der Waals surface area contributed by atoms with Crippen molar-refractivity contribution in [2.45, 2.75) is 0 Å². The molecule has 0 radical (unpaired) electrons. The molecule has 2 aromatic rings. The first-order valence-corrected chi connectivity index (χ1v) is 3.55. The number of fused-ring (bicyclic) bond motifs is 1. The quantitative estimate of drug-likeness (QED) is 0.585. The largest absolute Gasteiger partial charge is 0.329 e. The predicted octanol–water partition coefficient (Wildman–Crippen LogP) is 0.887. The fourth-order valence-electron chi connectivity index (χ4n) is 0.952. The number of rotatable bonds is 0. The molecule has 2 rings (SSSR count). The van der Waals surface area contributed by atoms with Gasteiger partial charge < -0.3 is 4.98 Å². The van der Waals surface area contributed by atoms with Crippen molar-refractivity contribution in [3.05, 3.63) is 16.7 Å². The summed E-state index contributed by atoms with van der Waals surface area (Å²) in [4.78, 5) is 6.61. The van der Waals surface area contributed by atoms with Crippen LogP contribution in [0, 0.1) is 16.0 Å². The van der Waals surface area contributed by atoms with Gasteiger partial charge in [0.15, 0.2) is 5.65 Å². The lowest BCUT2D eigenvalue weighted by atomic mass is 10.3. The molecule has 0 saturated carbocycles. The van der Waals surface area contributed by atoms with Crippen molar-refractivity contribution < 1.29 is 0 Å². The number of hydrogen-bond acceptors (Lipinski definition) is 4. The van der Waals surface area contributed by atoms with E-state index in [1.165, 1.54) is 6.33 Å². The van der Waals surface area contributed by atoms with Crippen LogP contribution in [0.15, 0.2) is 6.33 Å². The Morgan fingerprint density at radius 3 is 3.17 bits per heavy atom. The zero-order valence-corrected chi connectivity index (χ0v) is 6.64. The van der Waals surface area contributed by atoms with Crippen LogP contribution in [0.25, 0.3) is 11.0 Å². The molecule has 0 amide bonds. The smallest absolute Gasteiger partial charge is 0.164 e. The van der Waals surface area contributed by atoms with E-state index >= 15 is 0 Å². The Hall–Kier alpha value is -1.74. The summed E-state index contributed by atoms with van der Waals surface area (Å²) in [7, 11) is 0. The van der Waals surface area contributed by atoms with Crippen molar-refractivity contribution in [2.24, 2.45) is 0 Å². The molecular weight excluding hydrogens is 174 g/mol. The summed E-state index contributed by atoms with van der Waals surface area (Å²) in [6.45, 7) is 0. The molecule has 0 spiro atoms. The predicted molar refractivity (Wildman–Crippen MR) is 43.8 cm³/mol. The molecule has 2 heterocycles. The van der Waals surface area contributed by atoms with Crippen LogP contribution in [0.4, 0.5) is 0 Å². The Balaban J connectivity index is 3.05. The van der Waals surface area contributed by atoms with Gasteiger partial charge in [-0.15, -0.1) is 0 Å². The molecule has 0 unspecified atom stereocenters. The maximum Gasteiger partial charge on any atom is 0.164 e. The summed E-state index contributed by atoms with van der Waals surface area (Å²) in [6.07, 6.45) is 1.45. The minimum Gasteiger partial charge on any atom is -0.329 e. The third-order valence-corrected chi connectivity index (χ3v) is 1.78. The fourth-order valence-corrected chi connectivity index (χ4v) is 1.20. The van der Waals surface area contributed by atoms with Gasteiger partial charge in [-0.25, -0.2) is 4.98 Å². The van der Waals surface area contributed by atoms with Gasteiger partial charge in [0.05, 0.1) is 11.7 Å². The molecular formula is C6H3N5S. The Morgan fingerprint density at radius 2 is 2.42 bits per heavy atom. The maximum absolute atomic E-state index is 8.64. The summed E-state index contributed by atoms with van der Waals surface area (Å²) in [5, 5.41) is 15.6. The van der Waals surface area contributed by atoms with Crippen LogP contribution in [0.3, 0.4) is 0 Å². The van der Waals surface area contributed by atoms with Crippen LogP contribution in [0.5, 0.6) is 0 Å². The van der Waals surface area contributed by atoms with Gasteiger partial charge in [0.1, 0.15) is 16.4 Å². The maximum atomic E-state index is 8.64. The molecule has 6 heteroatoms. The van der Waals surface area contributed by atoms with E-state index in [2.05, 4.69) is 20.2 Å². The van der Waals surface area contributed by atoms with Crippen LogP contribution in [0.1, 0.15) is 5.69 Å². The molecule has 0 aliphatic carbocycles. The molecule has 0 saturated heterocycles. The second-order valence-electron chi connectivity index (χ2n) is 2.14. The fraction of sp³-hybridized carbons (Fsp3) is 0. The van der Waals surface area contributed by atoms with E-state index < -0.39 is 0 Å². The first-order chi connectivity index (χ1) is 5.83. The zero-order chi connectivity index (χ0) is 8.55. The average Bonchev–Trinajstić information content (AvgIpc) is 2.49. The van der Waals surface area contributed by atoms with E-state index in [1.807, 2.05) is 6.07 Å². The van der Waals surface area contributed by atoms with Crippen molar-refractivity contribution in [1.82, 2.24) is 20.2 Å². The molecule has 0 aliphatic rings. The van der Waals surface area contributed by atoms with Gasteiger partial charge in [-0.1, -0.05) is 12.2 Å². The highest BCUT2D eigenvalue weighted by molar-refractivity contribution is 7.71. The molecule has 0 fully saturated rings. The monoisotopic (exact) mass is 177 g/mol. The minimum atomic E-state index is 0.347. The van der Waals surface area contributed by atoms with E-state index in [4.69, 9.17) is 17.5 Å². The first-order valence-electron chi connectivity index (χ1n) is 3.15. The molecule has 5 nitrogen and oxygen atoms in total. The number of nitrogens with zero attached hydrogens (tertiary/aromatic N) is 3. The Labute approximate surface area is 72.1 Å². The molecule has 0 bridgehead atoms. The topological polar surface area (TPSA) is 81.1 Å². The molecule has 0 atom stereocenters. The Kier molecular flexibility index (Phi) is 1.38. The summed E-state index contributed by atoms with van der Waals surface area (Å²) in [6, 6.07) is 1.95. The highest BCUT2D eigenvalue weighted by Crippen LogP contribution is 2.11. The van der Waals surface area contributed by atoms with E-state index in [9.17, 15) is 0 Å². The average molecular weight is 177 g/mol. The minimum absolute atomic E-state index is 0.347. The summed E-state index contributed by atoms with van der Waals surface area (Å²) < 4.78 is 0.383. The van der Waals surface area contributed by atoms with Crippen molar-refractivity contribution in [1.29, 1.82) is 5.26 Å². The Bertz CT molecular complexity index is 516. The van der Waals surface area contributed by atoms with Crippen molar-refractivity contribution >= 4 is 23.3 Å². The standard InChI is InChI=1S/C6H3N5S/c7-1-3-4-5(11-10-3)8-2-9-6(4)12/h2H,(H2,8,9,10,11,12). The third kappa shape index (κ3) is 0.805. The number of aromatic amines is 2. The van der Waals surface area contributed by atoms with Crippen LogP contribution in [-0.2, 0) is 0 Å². The van der Waals surface area contributed by atoms with Gasteiger partial charge in [-0.3, -0.25) is 5.10 Å². The van der Waals surface area contributed by atoms with E-state index in [0.717, 1.165) is 0 Å². The molecule has 2 N–H and O–H groups in total. The lowest BCUT2D eigenvalue weighted by Gasteiger charge is -1.85. The molecule has 0 aromatic carbocycles. The second-order valence-corrected chi connectivity index (χ2v) is 2.53. The van der Waals surface area contributed by atoms with Gasteiger partial charge in [-0.05, 0) is 0 Å². The summed E-state index contributed by atoms with van der Waals surface area (Å²) in [5.41, 5.74) is 0.908. The van der Waals surface area contributed by atoms with Crippen molar-refractivity contribution in [3.63, 3.8) is 0 Å². The molecule has 0 aliphatic heterocycles. The van der Waals surface area contributed by atoms with Gasteiger partial charge in [0.2, 0.25) is 0 Å². The van der Waals surface area contributed by atoms with Crippen LogP contribution in [0.2, 0.25) is 0 Å². The zero-order valence-electron chi connectivity index (χ0n) is 5.83.